The van der Waals surface area contributed by atoms with Crippen molar-refractivity contribution in [1.82, 2.24) is 10.6 Å². The van der Waals surface area contributed by atoms with Gasteiger partial charge >= 0.3 is 0 Å². The quantitative estimate of drug-likeness (QED) is 0.505. The number of hydrogen-bond acceptors (Lipinski definition) is 3. The Bertz CT molecular complexity index is 539. The van der Waals surface area contributed by atoms with Gasteiger partial charge in [-0.25, -0.2) is 0 Å². The fourth-order valence-corrected chi connectivity index (χ4v) is 2.48. The first-order valence-corrected chi connectivity index (χ1v) is 8.39. The third-order valence-electron chi connectivity index (χ3n) is 4.39. The van der Waals surface area contributed by atoms with Crippen molar-refractivity contribution in [1.29, 1.82) is 0 Å². The summed E-state index contributed by atoms with van der Waals surface area (Å²) in [5.74, 6) is 1.76. The molecule has 1 fully saturated rings. The van der Waals surface area contributed by atoms with Crippen molar-refractivity contribution >= 4 is 5.96 Å². The Hall–Kier alpha value is -1.75. The van der Waals surface area contributed by atoms with Crippen molar-refractivity contribution in [3.8, 4) is 5.75 Å². The van der Waals surface area contributed by atoms with E-state index < -0.39 is 0 Å². The lowest BCUT2D eigenvalue weighted by atomic mass is 10.1. The van der Waals surface area contributed by atoms with Crippen molar-refractivity contribution in [2.75, 3.05) is 33.4 Å². The van der Waals surface area contributed by atoms with Crippen LogP contribution in [-0.4, -0.2) is 44.4 Å². The number of aryl methyl sites for hydroxylation is 1. The Morgan fingerprint density at radius 3 is 2.74 bits per heavy atom. The molecular weight excluding hydrogens is 290 g/mol. The Kier molecular flexibility index (Phi) is 6.28. The number of ether oxygens (including phenoxy) is 1. The summed E-state index contributed by atoms with van der Waals surface area (Å²) in [7, 11) is 1.70. The maximum absolute atomic E-state index is 9.37. The van der Waals surface area contributed by atoms with Gasteiger partial charge in [-0.15, -0.1) is 0 Å². The number of aliphatic hydroxyl groups excluding tert-OH is 1. The number of methoxy groups -OCH3 is 1. The number of aliphatic hydroxyl groups is 1. The minimum atomic E-state index is 0.0483. The number of benzene rings is 1. The zero-order valence-corrected chi connectivity index (χ0v) is 14.5. The predicted molar refractivity (Wildman–Crippen MR) is 94.2 cm³/mol. The van der Waals surface area contributed by atoms with Crippen molar-refractivity contribution in [2.45, 2.75) is 33.1 Å². The smallest absolute Gasteiger partial charge is 0.191 e. The van der Waals surface area contributed by atoms with Crippen LogP contribution in [0, 0.1) is 12.3 Å². The van der Waals surface area contributed by atoms with E-state index in [2.05, 4.69) is 40.7 Å². The van der Waals surface area contributed by atoms with Crippen LogP contribution < -0.4 is 15.4 Å². The molecule has 5 nitrogen and oxygen atoms in total. The summed E-state index contributed by atoms with van der Waals surface area (Å²) < 4.78 is 5.37. The molecule has 1 aromatic rings. The van der Waals surface area contributed by atoms with Gasteiger partial charge in [0.2, 0.25) is 0 Å². The molecule has 5 heteroatoms. The standard InChI is InChI=1S/C18H29N3O2/c1-4-19-17(21-12-18(13-22)8-9-18)20-10-7-15-6-5-14(2)16(11-15)23-3/h5-6,11,22H,4,7-10,12-13H2,1-3H3,(H2,19,20,21). The second-order valence-electron chi connectivity index (χ2n) is 6.33. The third-order valence-corrected chi connectivity index (χ3v) is 4.39. The molecular formula is C18H29N3O2. The molecule has 0 unspecified atom stereocenters. The summed E-state index contributed by atoms with van der Waals surface area (Å²) in [6.07, 6.45) is 3.07. The van der Waals surface area contributed by atoms with Crippen LogP contribution in [0.5, 0.6) is 5.75 Å². The van der Waals surface area contributed by atoms with Gasteiger partial charge in [-0.2, -0.15) is 0 Å². The first-order chi connectivity index (χ1) is 11.1. The van der Waals surface area contributed by atoms with Crippen LogP contribution in [0.15, 0.2) is 23.2 Å². The SMILES string of the molecule is CCNC(=NCC1(CO)CC1)NCCc1ccc(C)c(OC)c1. The number of nitrogens with zero attached hydrogens (tertiary/aromatic N) is 1. The Morgan fingerprint density at radius 2 is 2.13 bits per heavy atom. The predicted octanol–water partition coefficient (Wildman–Crippen LogP) is 1.87. The van der Waals surface area contributed by atoms with Crippen molar-refractivity contribution in [3.63, 3.8) is 0 Å². The normalized spacial score (nSPS) is 16.1. The van der Waals surface area contributed by atoms with Gasteiger partial charge < -0.3 is 20.5 Å². The molecule has 0 aromatic heterocycles. The van der Waals surface area contributed by atoms with Gasteiger partial charge in [0, 0.05) is 18.5 Å². The van der Waals surface area contributed by atoms with Gasteiger partial charge in [0.05, 0.1) is 20.3 Å². The van der Waals surface area contributed by atoms with E-state index in [0.29, 0.717) is 6.54 Å². The van der Waals surface area contributed by atoms with E-state index in [4.69, 9.17) is 4.74 Å². The zero-order chi connectivity index (χ0) is 16.7. The molecule has 128 valence electrons. The van der Waals surface area contributed by atoms with E-state index in [1.54, 1.807) is 7.11 Å². The van der Waals surface area contributed by atoms with Gasteiger partial charge in [-0.1, -0.05) is 12.1 Å². The number of guanidine groups is 1. The molecule has 1 aliphatic carbocycles. The molecule has 1 aromatic carbocycles. The summed E-state index contributed by atoms with van der Waals surface area (Å²) in [5.41, 5.74) is 2.44. The topological polar surface area (TPSA) is 65.9 Å². The summed E-state index contributed by atoms with van der Waals surface area (Å²) in [6.45, 7) is 6.67. The van der Waals surface area contributed by atoms with Gasteiger partial charge in [0.25, 0.3) is 0 Å². The van der Waals surface area contributed by atoms with E-state index in [-0.39, 0.29) is 12.0 Å². The van der Waals surface area contributed by atoms with E-state index in [1.165, 1.54) is 5.56 Å². The Morgan fingerprint density at radius 1 is 1.35 bits per heavy atom. The monoisotopic (exact) mass is 319 g/mol. The highest BCUT2D eigenvalue weighted by atomic mass is 16.5. The van der Waals surface area contributed by atoms with Crippen molar-refractivity contribution in [2.24, 2.45) is 10.4 Å². The summed E-state index contributed by atoms with van der Waals surface area (Å²) >= 11 is 0. The van der Waals surface area contributed by atoms with E-state index in [0.717, 1.165) is 49.6 Å². The van der Waals surface area contributed by atoms with Gasteiger partial charge in [0.15, 0.2) is 5.96 Å². The first-order valence-electron chi connectivity index (χ1n) is 8.39. The van der Waals surface area contributed by atoms with Crippen molar-refractivity contribution in [3.05, 3.63) is 29.3 Å². The molecule has 0 amide bonds. The Labute approximate surface area is 139 Å². The summed E-state index contributed by atoms with van der Waals surface area (Å²) in [5, 5.41) is 16.0. The molecule has 1 aliphatic rings. The first kappa shape index (κ1) is 17.6. The lowest BCUT2D eigenvalue weighted by Crippen LogP contribution is -2.38. The van der Waals surface area contributed by atoms with Crippen LogP contribution in [-0.2, 0) is 6.42 Å². The van der Waals surface area contributed by atoms with Gasteiger partial charge in [-0.3, -0.25) is 4.99 Å². The van der Waals surface area contributed by atoms with Gasteiger partial charge in [0.1, 0.15) is 5.75 Å². The second-order valence-corrected chi connectivity index (χ2v) is 6.33. The highest BCUT2D eigenvalue weighted by Gasteiger charge is 2.41. The van der Waals surface area contributed by atoms with Crippen LogP contribution in [0.1, 0.15) is 30.9 Å². The number of aliphatic imine (C=N–C) groups is 1. The molecule has 3 N–H and O–H groups in total. The average molecular weight is 319 g/mol. The molecule has 1 saturated carbocycles. The fourth-order valence-electron chi connectivity index (χ4n) is 2.48. The molecule has 0 aliphatic heterocycles. The second kappa shape index (κ2) is 8.20. The lowest BCUT2D eigenvalue weighted by molar-refractivity contribution is 0.217. The maximum atomic E-state index is 9.37. The van der Waals surface area contributed by atoms with E-state index in [9.17, 15) is 5.11 Å². The average Bonchev–Trinajstić information content (AvgIpc) is 3.34. The van der Waals surface area contributed by atoms with Crippen LogP contribution in [0.4, 0.5) is 0 Å². The molecule has 0 radical (unpaired) electrons. The zero-order valence-electron chi connectivity index (χ0n) is 14.5. The molecule has 0 saturated heterocycles. The van der Waals surface area contributed by atoms with Crippen LogP contribution >= 0.6 is 0 Å². The highest BCUT2D eigenvalue weighted by molar-refractivity contribution is 5.79. The van der Waals surface area contributed by atoms with Gasteiger partial charge in [-0.05, 0) is 50.3 Å². The van der Waals surface area contributed by atoms with E-state index in [1.807, 2.05) is 6.92 Å². The van der Waals surface area contributed by atoms with Crippen molar-refractivity contribution < 1.29 is 9.84 Å². The molecule has 0 atom stereocenters. The summed E-state index contributed by atoms with van der Waals surface area (Å²) in [6, 6.07) is 6.31. The molecule has 2 rings (SSSR count). The molecule has 0 spiro atoms. The lowest BCUT2D eigenvalue weighted by Gasteiger charge is -2.14. The van der Waals surface area contributed by atoms with Crippen LogP contribution in [0.3, 0.4) is 0 Å². The fraction of sp³-hybridized carbons (Fsp3) is 0.611. The number of hydrogen-bond donors (Lipinski definition) is 3. The maximum Gasteiger partial charge on any atom is 0.191 e. The third kappa shape index (κ3) is 5.13. The molecule has 23 heavy (non-hydrogen) atoms. The minimum absolute atomic E-state index is 0.0483. The molecule has 0 bridgehead atoms. The van der Waals surface area contributed by atoms with E-state index >= 15 is 0 Å². The van der Waals surface area contributed by atoms with Crippen LogP contribution in [0.2, 0.25) is 0 Å². The van der Waals surface area contributed by atoms with Crippen LogP contribution in [0.25, 0.3) is 0 Å². The highest BCUT2D eigenvalue weighted by Crippen LogP contribution is 2.45. The number of nitrogens with one attached hydrogen (secondary N) is 2. The number of rotatable bonds is 8. The molecule has 0 heterocycles. The minimum Gasteiger partial charge on any atom is -0.496 e. The summed E-state index contributed by atoms with van der Waals surface area (Å²) in [4.78, 5) is 4.61. The Balaban J connectivity index is 1.85. The largest absolute Gasteiger partial charge is 0.496 e.